The maximum absolute atomic E-state index is 13.2. The van der Waals surface area contributed by atoms with Gasteiger partial charge in [0.25, 0.3) is 5.56 Å². The van der Waals surface area contributed by atoms with Gasteiger partial charge < -0.3 is 14.6 Å². The van der Waals surface area contributed by atoms with E-state index >= 15 is 0 Å². The van der Waals surface area contributed by atoms with Crippen LogP contribution >= 0.6 is 0 Å². The minimum Gasteiger partial charge on any atom is -0.505 e. The van der Waals surface area contributed by atoms with Crippen LogP contribution in [0.3, 0.4) is 0 Å². The molecule has 3 aromatic rings. The van der Waals surface area contributed by atoms with Crippen LogP contribution in [0, 0.1) is 0 Å². The van der Waals surface area contributed by atoms with E-state index in [2.05, 4.69) is 9.84 Å². The standard InChI is InChI=1S/C20H14N2O6/c1-27-20(26)15-16(23)14(17-12-9-5-6-10-13(12)19(25)28-17)18(24)22(21-15)11-7-3-2-4-8-11/h2-10,17,23H,1H3. The molecule has 0 radical (unpaired) electrons. The van der Waals surface area contributed by atoms with Gasteiger partial charge in [0.1, 0.15) is 5.56 Å². The van der Waals surface area contributed by atoms with Crippen molar-refractivity contribution in [3.63, 3.8) is 0 Å². The number of ether oxygens (including phenoxy) is 2. The summed E-state index contributed by atoms with van der Waals surface area (Å²) in [6.45, 7) is 0. The molecule has 1 N–H and O–H groups in total. The average molecular weight is 378 g/mol. The lowest BCUT2D eigenvalue weighted by atomic mass is 9.99. The first-order valence-corrected chi connectivity index (χ1v) is 8.32. The van der Waals surface area contributed by atoms with Gasteiger partial charge in [-0.2, -0.15) is 9.78 Å². The minimum atomic E-state index is -1.17. The fourth-order valence-corrected chi connectivity index (χ4v) is 3.11. The molecule has 0 saturated heterocycles. The maximum Gasteiger partial charge on any atom is 0.362 e. The Balaban J connectivity index is 2.01. The Labute approximate surface area is 158 Å². The van der Waals surface area contributed by atoms with E-state index in [0.29, 0.717) is 11.3 Å². The Hall–Kier alpha value is -3.94. The molecule has 0 aliphatic carbocycles. The molecular weight excluding hydrogens is 364 g/mol. The number of hydrogen-bond acceptors (Lipinski definition) is 7. The van der Waals surface area contributed by atoms with Gasteiger partial charge in [0.2, 0.25) is 5.69 Å². The molecule has 0 saturated carbocycles. The monoisotopic (exact) mass is 378 g/mol. The first-order chi connectivity index (χ1) is 13.5. The normalized spacial score (nSPS) is 15.0. The van der Waals surface area contributed by atoms with E-state index in [1.54, 1.807) is 54.6 Å². The number of aromatic hydroxyl groups is 1. The predicted molar refractivity (Wildman–Crippen MR) is 96.5 cm³/mol. The number of carbonyl (C=O) groups is 2. The Kier molecular flexibility index (Phi) is 4.15. The van der Waals surface area contributed by atoms with Crippen molar-refractivity contribution >= 4 is 11.9 Å². The maximum atomic E-state index is 13.2. The van der Waals surface area contributed by atoms with Gasteiger partial charge in [0, 0.05) is 5.56 Å². The molecule has 8 heteroatoms. The molecular formula is C20H14N2O6. The van der Waals surface area contributed by atoms with Gasteiger partial charge in [0.15, 0.2) is 11.9 Å². The number of cyclic esters (lactones) is 1. The van der Waals surface area contributed by atoms with Gasteiger partial charge in [0.05, 0.1) is 18.4 Å². The number of hydrogen-bond donors (Lipinski definition) is 1. The Morgan fingerprint density at radius 2 is 1.79 bits per heavy atom. The molecule has 0 bridgehead atoms. The van der Waals surface area contributed by atoms with Crippen LogP contribution in [0.1, 0.15) is 38.1 Å². The second-order valence-corrected chi connectivity index (χ2v) is 6.03. The number of esters is 2. The topological polar surface area (TPSA) is 108 Å². The van der Waals surface area contributed by atoms with E-state index in [1.165, 1.54) is 0 Å². The van der Waals surface area contributed by atoms with E-state index in [4.69, 9.17) is 4.74 Å². The first kappa shape index (κ1) is 17.5. The third kappa shape index (κ3) is 2.62. The van der Waals surface area contributed by atoms with Gasteiger partial charge in [-0.3, -0.25) is 4.79 Å². The largest absolute Gasteiger partial charge is 0.505 e. The number of nitrogens with zero attached hydrogens (tertiary/aromatic N) is 2. The third-order valence-corrected chi connectivity index (χ3v) is 4.43. The van der Waals surface area contributed by atoms with Gasteiger partial charge >= 0.3 is 11.9 Å². The predicted octanol–water partition coefficient (Wildman–Crippen LogP) is 1.98. The Morgan fingerprint density at radius 1 is 1.11 bits per heavy atom. The van der Waals surface area contributed by atoms with Crippen LogP contribution in [-0.2, 0) is 9.47 Å². The quantitative estimate of drug-likeness (QED) is 0.694. The summed E-state index contributed by atoms with van der Waals surface area (Å²) in [6.07, 6.45) is -1.17. The van der Waals surface area contributed by atoms with Crippen LogP contribution in [0.2, 0.25) is 0 Å². The fourth-order valence-electron chi connectivity index (χ4n) is 3.11. The zero-order valence-electron chi connectivity index (χ0n) is 14.7. The van der Waals surface area contributed by atoms with Crippen LogP contribution in [0.4, 0.5) is 0 Å². The lowest BCUT2D eigenvalue weighted by Crippen LogP contribution is -2.29. The number of methoxy groups -OCH3 is 1. The Morgan fingerprint density at radius 3 is 2.50 bits per heavy atom. The highest BCUT2D eigenvalue weighted by atomic mass is 16.6. The summed E-state index contributed by atoms with van der Waals surface area (Å²) in [5, 5.41) is 14.6. The van der Waals surface area contributed by atoms with Crippen LogP contribution in [0.25, 0.3) is 5.69 Å². The molecule has 0 fully saturated rings. The lowest BCUT2D eigenvalue weighted by molar-refractivity contribution is 0.0449. The fraction of sp³-hybridized carbons (Fsp3) is 0.100. The summed E-state index contributed by atoms with van der Waals surface area (Å²) in [4.78, 5) is 37.5. The number of para-hydroxylation sites is 1. The summed E-state index contributed by atoms with van der Waals surface area (Å²) >= 11 is 0. The van der Waals surface area contributed by atoms with Crippen molar-refractivity contribution in [2.24, 2.45) is 0 Å². The molecule has 8 nitrogen and oxygen atoms in total. The zero-order chi connectivity index (χ0) is 19.8. The average Bonchev–Trinajstić information content (AvgIpc) is 3.05. The second kappa shape index (κ2) is 6.66. The lowest BCUT2D eigenvalue weighted by Gasteiger charge is -2.16. The van der Waals surface area contributed by atoms with Gasteiger partial charge in [-0.25, -0.2) is 9.59 Å². The molecule has 1 unspecified atom stereocenters. The smallest absolute Gasteiger partial charge is 0.362 e. The molecule has 1 aromatic heterocycles. The van der Waals surface area contributed by atoms with Crippen molar-refractivity contribution in [1.29, 1.82) is 0 Å². The number of aromatic nitrogens is 2. The second-order valence-electron chi connectivity index (χ2n) is 6.03. The molecule has 1 aliphatic heterocycles. The van der Waals surface area contributed by atoms with E-state index in [-0.39, 0.29) is 11.1 Å². The number of fused-ring (bicyclic) bond motifs is 1. The molecule has 28 heavy (non-hydrogen) atoms. The van der Waals surface area contributed by atoms with Crippen molar-refractivity contribution in [3.05, 3.63) is 87.3 Å². The minimum absolute atomic E-state index is 0.266. The third-order valence-electron chi connectivity index (χ3n) is 4.43. The zero-order valence-corrected chi connectivity index (χ0v) is 14.7. The first-order valence-electron chi connectivity index (χ1n) is 8.32. The van der Waals surface area contributed by atoms with Crippen LogP contribution in [0.5, 0.6) is 5.75 Å². The SMILES string of the molecule is COC(=O)c1nn(-c2ccccc2)c(=O)c(C2OC(=O)c3ccccc32)c1O. The van der Waals surface area contributed by atoms with Gasteiger partial charge in [-0.05, 0) is 18.2 Å². The van der Waals surface area contributed by atoms with Gasteiger partial charge in [-0.15, -0.1) is 0 Å². The summed E-state index contributed by atoms with van der Waals surface area (Å²) in [5.41, 5.74) is -0.364. The molecule has 1 aliphatic rings. The summed E-state index contributed by atoms with van der Waals surface area (Å²) in [6, 6.07) is 14.9. The highest BCUT2D eigenvalue weighted by molar-refractivity contribution is 5.95. The highest BCUT2D eigenvalue weighted by Gasteiger charge is 2.38. The number of benzene rings is 2. The van der Waals surface area contributed by atoms with Crippen molar-refractivity contribution in [3.8, 4) is 11.4 Å². The molecule has 140 valence electrons. The molecule has 2 heterocycles. The number of carbonyl (C=O) groups excluding carboxylic acids is 2. The summed E-state index contributed by atoms with van der Waals surface area (Å²) in [7, 11) is 1.13. The summed E-state index contributed by atoms with van der Waals surface area (Å²) in [5.74, 6) is -2.23. The van der Waals surface area contributed by atoms with Crippen molar-refractivity contribution in [2.75, 3.05) is 7.11 Å². The van der Waals surface area contributed by atoms with Crippen LogP contribution < -0.4 is 5.56 Å². The van der Waals surface area contributed by atoms with Gasteiger partial charge in [-0.1, -0.05) is 36.4 Å². The molecule has 2 aromatic carbocycles. The van der Waals surface area contributed by atoms with Crippen molar-refractivity contribution in [2.45, 2.75) is 6.10 Å². The van der Waals surface area contributed by atoms with Crippen LogP contribution in [0.15, 0.2) is 59.4 Å². The van der Waals surface area contributed by atoms with E-state index in [1.807, 2.05) is 0 Å². The number of rotatable bonds is 3. The van der Waals surface area contributed by atoms with E-state index in [9.17, 15) is 19.5 Å². The van der Waals surface area contributed by atoms with E-state index in [0.717, 1.165) is 11.8 Å². The highest BCUT2D eigenvalue weighted by Crippen LogP contribution is 2.38. The van der Waals surface area contributed by atoms with Crippen LogP contribution in [-0.4, -0.2) is 33.9 Å². The van der Waals surface area contributed by atoms with Crippen molar-refractivity contribution in [1.82, 2.24) is 9.78 Å². The summed E-state index contributed by atoms with van der Waals surface area (Å²) < 4.78 is 11.0. The molecule has 0 amide bonds. The van der Waals surface area contributed by atoms with E-state index < -0.39 is 35.0 Å². The molecule has 4 rings (SSSR count). The Bertz CT molecular complexity index is 1150. The molecule has 1 atom stereocenters. The van der Waals surface area contributed by atoms with Crippen molar-refractivity contribution < 1.29 is 24.2 Å². The molecule has 0 spiro atoms.